The van der Waals surface area contributed by atoms with Crippen LogP contribution in [0.2, 0.25) is 0 Å². The van der Waals surface area contributed by atoms with Gasteiger partial charge < -0.3 is 0 Å². The summed E-state index contributed by atoms with van der Waals surface area (Å²) in [5.74, 6) is 0. The number of rotatable bonds is 2. The molecule has 0 amide bonds. The first kappa shape index (κ1) is 11.0. The van der Waals surface area contributed by atoms with Gasteiger partial charge in [0, 0.05) is 0 Å². The summed E-state index contributed by atoms with van der Waals surface area (Å²) in [6.45, 7) is 12.9. The SMILES string of the molecule is C=C(/C=C/C)C1=C(C)C=CCC1(C)C. The van der Waals surface area contributed by atoms with Gasteiger partial charge >= 0.3 is 0 Å². The Labute approximate surface area is 87.7 Å². The first-order valence-electron chi connectivity index (χ1n) is 5.19. The normalized spacial score (nSPS) is 20.6. The first-order chi connectivity index (χ1) is 6.49. The Hall–Kier alpha value is -1.04. The van der Waals surface area contributed by atoms with Crippen LogP contribution < -0.4 is 0 Å². The van der Waals surface area contributed by atoms with Crippen LogP contribution in [-0.2, 0) is 0 Å². The smallest absolute Gasteiger partial charge is 0.00607 e. The fourth-order valence-corrected chi connectivity index (χ4v) is 2.22. The van der Waals surface area contributed by atoms with E-state index in [1.165, 1.54) is 11.1 Å². The fourth-order valence-electron chi connectivity index (χ4n) is 2.22. The van der Waals surface area contributed by atoms with Crippen molar-refractivity contribution in [1.29, 1.82) is 0 Å². The van der Waals surface area contributed by atoms with E-state index in [1.807, 2.05) is 6.92 Å². The quantitative estimate of drug-likeness (QED) is 0.563. The van der Waals surface area contributed by atoms with Gasteiger partial charge in [-0.1, -0.05) is 44.7 Å². The molecule has 0 fully saturated rings. The van der Waals surface area contributed by atoms with Gasteiger partial charge in [0.1, 0.15) is 0 Å². The molecule has 0 spiro atoms. The standard InChI is InChI=1S/C14H20/c1-6-8-11(2)13-12(3)9-7-10-14(13,4)5/h6-9H,2,10H2,1,3-5H3/b8-6+. The van der Waals surface area contributed by atoms with E-state index in [2.05, 4.69) is 51.7 Å². The second-order valence-electron chi connectivity index (χ2n) is 4.57. The largest absolute Gasteiger partial charge is 0.0915 e. The zero-order valence-electron chi connectivity index (χ0n) is 9.72. The molecule has 0 aliphatic heterocycles. The lowest BCUT2D eigenvalue weighted by Crippen LogP contribution is -2.18. The third-order valence-corrected chi connectivity index (χ3v) is 2.76. The molecule has 0 aromatic rings. The number of hydrogen-bond donors (Lipinski definition) is 0. The van der Waals surface area contributed by atoms with Crippen LogP contribution in [-0.4, -0.2) is 0 Å². The highest BCUT2D eigenvalue weighted by molar-refractivity contribution is 5.49. The van der Waals surface area contributed by atoms with Crippen molar-refractivity contribution in [2.24, 2.45) is 5.41 Å². The highest BCUT2D eigenvalue weighted by Gasteiger charge is 2.26. The van der Waals surface area contributed by atoms with E-state index in [0.29, 0.717) is 0 Å². The van der Waals surface area contributed by atoms with E-state index in [1.54, 1.807) is 0 Å². The van der Waals surface area contributed by atoms with Crippen molar-refractivity contribution in [3.8, 4) is 0 Å². The predicted octanol–water partition coefficient (Wildman–Crippen LogP) is 4.42. The van der Waals surface area contributed by atoms with Gasteiger partial charge in [0.05, 0.1) is 0 Å². The second kappa shape index (κ2) is 4.00. The van der Waals surface area contributed by atoms with Gasteiger partial charge in [-0.25, -0.2) is 0 Å². The van der Waals surface area contributed by atoms with Crippen LogP contribution in [0, 0.1) is 5.41 Å². The summed E-state index contributed by atoms with van der Waals surface area (Å²) >= 11 is 0. The summed E-state index contributed by atoms with van der Waals surface area (Å²) in [5.41, 5.74) is 4.14. The molecule has 0 aromatic heterocycles. The molecule has 0 nitrogen and oxygen atoms in total. The molecule has 76 valence electrons. The number of hydrogen-bond acceptors (Lipinski definition) is 0. The van der Waals surface area contributed by atoms with Crippen LogP contribution in [0.5, 0.6) is 0 Å². The Morgan fingerprint density at radius 1 is 1.50 bits per heavy atom. The topological polar surface area (TPSA) is 0 Å². The average Bonchev–Trinajstić information content (AvgIpc) is 2.02. The first-order valence-corrected chi connectivity index (χ1v) is 5.19. The van der Waals surface area contributed by atoms with Gasteiger partial charge in [-0.3, -0.25) is 0 Å². The van der Waals surface area contributed by atoms with Crippen LogP contribution in [0.4, 0.5) is 0 Å². The van der Waals surface area contributed by atoms with Crippen LogP contribution in [0.25, 0.3) is 0 Å². The lowest BCUT2D eigenvalue weighted by Gasteiger charge is -2.32. The highest BCUT2D eigenvalue weighted by Crippen LogP contribution is 2.40. The Balaban J connectivity index is 3.14. The fraction of sp³-hybridized carbons (Fsp3) is 0.429. The molecule has 0 unspecified atom stereocenters. The van der Waals surface area contributed by atoms with Crippen molar-refractivity contribution in [2.75, 3.05) is 0 Å². The average molecular weight is 188 g/mol. The van der Waals surface area contributed by atoms with Crippen molar-refractivity contribution in [3.63, 3.8) is 0 Å². The molecule has 14 heavy (non-hydrogen) atoms. The zero-order valence-corrected chi connectivity index (χ0v) is 9.72. The summed E-state index contributed by atoms with van der Waals surface area (Å²) in [5, 5.41) is 0. The van der Waals surface area contributed by atoms with E-state index in [-0.39, 0.29) is 5.41 Å². The van der Waals surface area contributed by atoms with E-state index in [0.717, 1.165) is 12.0 Å². The van der Waals surface area contributed by atoms with Crippen molar-refractivity contribution >= 4 is 0 Å². The molecule has 0 atom stereocenters. The maximum atomic E-state index is 4.14. The van der Waals surface area contributed by atoms with E-state index in [4.69, 9.17) is 0 Å². The van der Waals surface area contributed by atoms with Crippen molar-refractivity contribution in [2.45, 2.75) is 34.1 Å². The maximum Gasteiger partial charge on any atom is -0.00607 e. The monoisotopic (exact) mass is 188 g/mol. The Morgan fingerprint density at radius 3 is 2.64 bits per heavy atom. The van der Waals surface area contributed by atoms with Crippen LogP contribution in [0.15, 0.2) is 47.6 Å². The maximum absolute atomic E-state index is 4.14. The van der Waals surface area contributed by atoms with Gasteiger partial charge in [-0.05, 0) is 42.4 Å². The van der Waals surface area contributed by atoms with E-state index < -0.39 is 0 Å². The van der Waals surface area contributed by atoms with Gasteiger partial charge in [0.2, 0.25) is 0 Å². The molecule has 0 aromatic carbocycles. The summed E-state index contributed by atoms with van der Waals surface area (Å²) in [6.07, 6.45) is 9.71. The molecule has 0 heterocycles. The minimum Gasteiger partial charge on any atom is -0.0915 e. The third-order valence-electron chi connectivity index (χ3n) is 2.76. The molecule has 0 heteroatoms. The zero-order chi connectivity index (χ0) is 10.8. The lowest BCUT2D eigenvalue weighted by molar-refractivity contribution is 0.452. The van der Waals surface area contributed by atoms with Crippen LogP contribution in [0.3, 0.4) is 0 Å². The van der Waals surface area contributed by atoms with Gasteiger partial charge in [0.25, 0.3) is 0 Å². The van der Waals surface area contributed by atoms with Gasteiger partial charge in [-0.2, -0.15) is 0 Å². The molecule has 0 radical (unpaired) electrons. The van der Waals surface area contributed by atoms with Crippen LogP contribution in [0.1, 0.15) is 34.1 Å². The lowest BCUT2D eigenvalue weighted by atomic mass is 9.73. The molecular formula is C14H20. The number of allylic oxidation sites excluding steroid dienone is 7. The minimum absolute atomic E-state index is 0.232. The van der Waals surface area contributed by atoms with E-state index in [9.17, 15) is 0 Å². The second-order valence-corrected chi connectivity index (χ2v) is 4.57. The van der Waals surface area contributed by atoms with E-state index >= 15 is 0 Å². The molecular weight excluding hydrogens is 168 g/mol. The molecule has 0 bridgehead atoms. The predicted molar refractivity (Wildman–Crippen MR) is 64.2 cm³/mol. The highest BCUT2D eigenvalue weighted by atomic mass is 14.3. The Kier molecular flexibility index (Phi) is 3.15. The summed E-state index contributed by atoms with van der Waals surface area (Å²) in [7, 11) is 0. The van der Waals surface area contributed by atoms with Gasteiger partial charge in [-0.15, -0.1) is 0 Å². The molecule has 0 saturated heterocycles. The summed E-state index contributed by atoms with van der Waals surface area (Å²) in [6, 6.07) is 0. The molecule has 1 rings (SSSR count). The third kappa shape index (κ3) is 2.06. The minimum atomic E-state index is 0.232. The van der Waals surface area contributed by atoms with Gasteiger partial charge in [0.15, 0.2) is 0 Å². The van der Waals surface area contributed by atoms with Crippen molar-refractivity contribution < 1.29 is 0 Å². The van der Waals surface area contributed by atoms with Crippen LogP contribution >= 0.6 is 0 Å². The molecule has 0 saturated carbocycles. The molecule has 1 aliphatic carbocycles. The van der Waals surface area contributed by atoms with Crippen molar-refractivity contribution in [3.05, 3.63) is 47.6 Å². The summed E-state index contributed by atoms with van der Waals surface area (Å²) in [4.78, 5) is 0. The Morgan fingerprint density at radius 2 is 2.14 bits per heavy atom. The molecule has 0 N–H and O–H groups in total. The molecule has 1 aliphatic rings. The summed E-state index contributed by atoms with van der Waals surface area (Å²) < 4.78 is 0. The Bertz CT molecular complexity index is 322. The van der Waals surface area contributed by atoms with Crippen molar-refractivity contribution in [1.82, 2.24) is 0 Å².